The molecule has 1 unspecified atom stereocenters. The van der Waals surface area contributed by atoms with Crippen molar-refractivity contribution in [1.29, 1.82) is 0 Å². The number of hydrogen-bond acceptors (Lipinski definition) is 4. The number of nitrogens with one attached hydrogen (secondary N) is 2. The van der Waals surface area contributed by atoms with E-state index in [0.29, 0.717) is 6.54 Å². The number of rotatable bonds is 10. The highest BCUT2D eigenvalue weighted by Crippen LogP contribution is 2.26. The minimum Gasteiger partial charge on any atom is -0.497 e. The standard InChI is InChI=1S/C21H35N3O3.HI/c1-5-22-20(23-11-7-12-27-19-10-13-26-15-19)24-16-21(2,3)17-8-6-9-18(14-17)25-4;/h6,8-9,14,19H,5,7,10-13,15-16H2,1-4H3,(H2,22,23,24);1H. The molecule has 6 nitrogen and oxygen atoms in total. The Morgan fingerprint density at radius 2 is 2.14 bits per heavy atom. The molecule has 0 amide bonds. The maximum atomic E-state index is 5.80. The van der Waals surface area contributed by atoms with Gasteiger partial charge in [-0.3, -0.25) is 4.99 Å². The summed E-state index contributed by atoms with van der Waals surface area (Å²) in [5, 5.41) is 6.71. The lowest BCUT2D eigenvalue weighted by Crippen LogP contribution is -2.39. The smallest absolute Gasteiger partial charge is 0.191 e. The van der Waals surface area contributed by atoms with E-state index in [1.165, 1.54) is 5.56 Å². The number of ether oxygens (including phenoxy) is 3. The summed E-state index contributed by atoms with van der Waals surface area (Å²) in [6.07, 6.45) is 2.23. The maximum Gasteiger partial charge on any atom is 0.191 e. The molecule has 1 aliphatic heterocycles. The summed E-state index contributed by atoms with van der Waals surface area (Å²) in [6.45, 7) is 11.1. The van der Waals surface area contributed by atoms with E-state index >= 15 is 0 Å². The number of guanidine groups is 1. The van der Waals surface area contributed by atoms with Crippen molar-refractivity contribution in [3.8, 4) is 5.75 Å². The summed E-state index contributed by atoms with van der Waals surface area (Å²) in [4.78, 5) is 4.78. The molecule has 1 fully saturated rings. The lowest BCUT2D eigenvalue weighted by Gasteiger charge is -2.24. The third-order valence-electron chi connectivity index (χ3n) is 4.68. The molecule has 1 saturated heterocycles. The molecule has 2 rings (SSSR count). The van der Waals surface area contributed by atoms with Crippen molar-refractivity contribution in [3.63, 3.8) is 0 Å². The molecule has 1 atom stereocenters. The first-order valence-electron chi connectivity index (χ1n) is 9.91. The Hall–Kier alpha value is -1.06. The van der Waals surface area contributed by atoms with Gasteiger partial charge in [-0.15, -0.1) is 24.0 Å². The number of hydrogen-bond donors (Lipinski definition) is 2. The van der Waals surface area contributed by atoms with Crippen LogP contribution in [0.4, 0.5) is 0 Å². The fourth-order valence-electron chi connectivity index (χ4n) is 2.93. The van der Waals surface area contributed by atoms with Gasteiger partial charge >= 0.3 is 0 Å². The van der Waals surface area contributed by atoms with Gasteiger partial charge in [0.15, 0.2) is 5.96 Å². The molecule has 160 valence electrons. The lowest BCUT2D eigenvalue weighted by molar-refractivity contribution is 0.0420. The number of methoxy groups -OCH3 is 1. The van der Waals surface area contributed by atoms with Crippen molar-refractivity contribution in [1.82, 2.24) is 10.6 Å². The number of halogens is 1. The Labute approximate surface area is 186 Å². The predicted octanol–water partition coefficient (Wildman–Crippen LogP) is 3.34. The van der Waals surface area contributed by atoms with E-state index in [4.69, 9.17) is 19.2 Å². The highest BCUT2D eigenvalue weighted by molar-refractivity contribution is 14.0. The summed E-state index contributed by atoms with van der Waals surface area (Å²) < 4.78 is 16.5. The summed E-state index contributed by atoms with van der Waals surface area (Å²) in [5.74, 6) is 1.72. The average Bonchev–Trinajstić information content (AvgIpc) is 3.19. The van der Waals surface area contributed by atoms with Crippen LogP contribution in [0.5, 0.6) is 5.75 Å². The highest BCUT2D eigenvalue weighted by Gasteiger charge is 2.21. The summed E-state index contributed by atoms with van der Waals surface area (Å²) in [5.41, 5.74) is 1.14. The summed E-state index contributed by atoms with van der Waals surface area (Å²) in [6, 6.07) is 8.20. The second-order valence-electron chi connectivity index (χ2n) is 7.45. The van der Waals surface area contributed by atoms with Gasteiger partial charge in [-0.1, -0.05) is 26.0 Å². The van der Waals surface area contributed by atoms with Crippen molar-refractivity contribution in [2.75, 3.05) is 46.6 Å². The maximum absolute atomic E-state index is 5.80. The fraction of sp³-hybridized carbons (Fsp3) is 0.667. The van der Waals surface area contributed by atoms with Crippen molar-refractivity contribution < 1.29 is 14.2 Å². The van der Waals surface area contributed by atoms with Crippen LogP contribution in [0.1, 0.15) is 39.2 Å². The number of benzene rings is 1. The first-order chi connectivity index (χ1) is 13.0. The van der Waals surface area contributed by atoms with Gasteiger partial charge in [-0.05, 0) is 37.5 Å². The molecule has 1 heterocycles. The zero-order valence-corrected chi connectivity index (χ0v) is 20.0. The molecule has 0 saturated carbocycles. The van der Waals surface area contributed by atoms with Gasteiger partial charge in [0.2, 0.25) is 0 Å². The van der Waals surface area contributed by atoms with Crippen LogP contribution < -0.4 is 15.4 Å². The van der Waals surface area contributed by atoms with E-state index < -0.39 is 0 Å². The van der Waals surface area contributed by atoms with Crippen molar-refractivity contribution in [2.45, 2.75) is 45.1 Å². The average molecular weight is 505 g/mol. The van der Waals surface area contributed by atoms with Crippen molar-refractivity contribution >= 4 is 29.9 Å². The van der Waals surface area contributed by atoms with E-state index in [9.17, 15) is 0 Å². The molecular formula is C21H36IN3O3. The first-order valence-corrected chi connectivity index (χ1v) is 9.91. The number of nitrogens with zero attached hydrogens (tertiary/aromatic N) is 1. The van der Waals surface area contributed by atoms with Crippen LogP contribution in [-0.4, -0.2) is 58.6 Å². The van der Waals surface area contributed by atoms with Crippen LogP contribution >= 0.6 is 24.0 Å². The molecule has 0 aliphatic carbocycles. The Balaban J connectivity index is 0.00000392. The van der Waals surface area contributed by atoms with Crippen LogP contribution in [-0.2, 0) is 14.9 Å². The quantitative estimate of drug-likeness (QED) is 0.221. The third-order valence-corrected chi connectivity index (χ3v) is 4.68. The predicted molar refractivity (Wildman–Crippen MR) is 125 cm³/mol. The van der Waals surface area contributed by atoms with Gasteiger partial charge in [-0.2, -0.15) is 0 Å². The van der Waals surface area contributed by atoms with Crippen molar-refractivity contribution in [3.05, 3.63) is 29.8 Å². The molecule has 1 aromatic rings. The molecule has 0 radical (unpaired) electrons. The van der Waals surface area contributed by atoms with Gasteiger partial charge in [0.1, 0.15) is 5.75 Å². The van der Waals surface area contributed by atoms with Gasteiger partial charge in [0.25, 0.3) is 0 Å². The fourth-order valence-corrected chi connectivity index (χ4v) is 2.93. The van der Waals surface area contributed by atoms with Gasteiger partial charge in [-0.25, -0.2) is 0 Å². The van der Waals surface area contributed by atoms with Crippen LogP contribution in [0, 0.1) is 0 Å². The molecule has 0 aromatic heterocycles. The Morgan fingerprint density at radius 3 is 2.82 bits per heavy atom. The molecule has 1 aliphatic rings. The summed E-state index contributed by atoms with van der Waals surface area (Å²) >= 11 is 0. The number of aliphatic imine (C=N–C) groups is 1. The molecule has 7 heteroatoms. The normalized spacial score (nSPS) is 17.1. The van der Waals surface area contributed by atoms with Gasteiger partial charge in [0, 0.05) is 31.7 Å². The Morgan fingerprint density at radius 1 is 1.32 bits per heavy atom. The Kier molecular flexibility index (Phi) is 11.8. The van der Waals surface area contributed by atoms with E-state index in [1.807, 2.05) is 12.1 Å². The minimum atomic E-state index is -0.0809. The molecule has 0 bridgehead atoms. The Bertz CT molecular complexity index is 590. The molecular weight excluding hydrogens is 469 g/mol. The minimum absolute atomic E-state index is 0. The molecule has 2 N–H and O–H groups in total. The van der Waals surface area contributed by atoms with Crippen molar-refractivity contribution in [2.24, 2.45) is 4.99 Å². The zero-order chi connectivity index (χ0) is 19.5. The summed E-state index contributed by atoms with van der Waals surface area (Å²) in [7, 11) is 1.70. The zero-order valence-electron chi connectivity index (χ0n) is 17.6. The lowest BCUT2D eigenvalue weighted by atomic mass is 9.85. The van der Waals surface area contributed by atoms with E-state index in [0.717, 1.165) is 57.5 Å². The van der Waals surface area contributed by atoms with Gasteiger partial charge in [0.05, 0.1) is 26.4 Å². The van der Waals surface area contributed by atoms with Crippen LogP contribution in [0.3, 0.4) is 0 Å². The van der Waals surface area contributed by atoms with Crippen LogP contribution in [0.25, 0.3) is 0 Å². The second kappa shape index (κ2) is 13.2. The third kappa shape index (κ3) is 8.53. The first kappa shape index (κ1) is 25.0. The van der Waals surface area contributed by atoms with Crippen LogP contribution in [0.2, 0.25) is 0 Å². The van der Waals surface area contributed by atoms with E-state index in [-0.39, 0.29) is 35.5 Å². The monoisotopic (exact) mass is 505 g/mol. The SMILES string of the molecule is CCNC(=NCC(C)(C)c1cccc(OC)c1)NCCCOC1CCOC1.I. The van der Waals surface area contributed by atoms with Crippen LogP contribution in [0.15, 0.2) is 29.3 Å². The van der Waals surface area contributed by atoms with Gasteiger partial charge < -0.3 is 24.8 Å². The van der Waals surface area contributed by atoms with E-state index in [1.54, 1.807) is 7.11 Å². The largest absolute Gasteiger partial charge is 0.497 e. The highest BCUT2D eigenvalue weighted by atomic mass is 127. The topological polar surface area (TPSA) is 64.1 Å². The second-order valence-corrected chi connectivity index (χ2v) is 7.45. The van der Waals surface area contributed by atoms with E-state index in [2.05, 4.69) is 43.5 Å². The molecule has 1 aromatic carbocycles. The molecule has 0 spiro atoms. The molecule has 28 heavy (non-hydrogen) atoms.